The highest BCUT2D eigenvalue weighted by Gasteiger charge is 2.35. The van der Waals surface area contributed by atoms with Gasteiger partial charge in [0.15, 0.2) is 0 Å². The third-order valence-electron chi connectivity index (χ3n) is 2.84. The molecule has 1 rings (SSSR count). The first-order chi connectivity index (χ1) is 6.57. The van der Waals surface area contributed by atoms with E-state index >= 15 is 0 Å². The molecule has 0 aliphatic heterocycles. The molecule has 3 nitrogen and oxygen atoms in total. The van der Waals surface area contributed by atoms with Crippen LogP contribution in [0.5, 0.6) is 0 Å². The van der Waals surface area contributed by atoms with Gasteiger partial charge in [-0.1, -0.05) is 6.92 Å². The molecular formula is C10H18O3S. The van der Waals surface area contributed by atoms with Crippen molar-refractivity contribution < 1.29 is 15.0 Å². The lowest BCUT2D eigenvalue weighted by molar-refractivity contribution is -0.144. The normalized spacial score (nSPS) is 32.9. The van der Waals surface area contributed by atoms with Gasteiger partial charge in [0.25, 0.3) is 0 Å². The first-order valence-electron chi connectivity index (χ1n) is 5.10. The summed E-state index contributed by atoms with van der Waals surface area (Å²) >= 11 is 1.73. The standard InChI is InChI=1S/C10H18O3S/c1-2-14-7-10(13)5-3-8(4-6-10)9(11)12/h8,13H,2-7H2,1H3,(H,11,12). The van der Waals surface area contributed by atoms with Crippen molar-refractivity contribution in [2.75, 3.05) is 11.5 Å². The van der Waals surface area contributed by atoms with Gasteiger partial charge in [-0.15, -0.1) is 0 Å². The maximum Gasteiger partial charge on any atom is 0.306 e. The van der Waals surface area contributed by atoms with Crippen LogP contribution in [0.3, 0.4) is 0 Å². The van der Waals surface area contributed by atoms with E-state index in [9.17, 15) is 9.90 Å². The van der Waals surface area contributed by atoms with E-state index in [1.165, 1.54) is 0 Å². The summed E-state index contributed by atoms with van der Waals surface area (Å²) in [5.74, 6) is 0.803. The zero-order valence-corrected chi connectivity index (χ0v) is 9.35. The monoisotopic (exact) mass is 218 g/mol. The molecule has 0 bridgehead atoms. The van der Waals surface area contributed by atoms with E-state index in [0.717, 1.165) is 11.5 Å². The van der Waals surface area contributed by atoms with Gasteiger partial charge in [-0.2, -0.15) is 11.8 Å². The minimum Gasteiger partial charge on any atom is -0.481 e. The van der Waals surface area contributed by atoms with E-state index in [2.05, 4.69) is 6.92 Å². The molecule has 1 aliphatic carbocycles. The lowest BCUT2D eigenvalue weighted by Crippen LogP contribution is -2.38. The van der Waals surface area contributed by atoms with Crippen LogP contribution in [0, 0.1) is 5.92 Å². The van der Waals surface area contributed by atoms with E-state index in [1.807, 2.05) is 0 Å². The number of hydrogen-bond acceptors (Lipinski definition) is 3. The second-order valence-corrected chi connectivity index (χ2v) is 5.25. The van der Waals surface area contributed by atoms with E-state index in [1.54, 1.807) is 11.8 Å². The zero-order valence-electron chi connectivity index (χ0n) is 8.53. The molecule has 0 atom stereocenters. The fourth-order valence-electron chi connectivity index (χ4n) is 1.84. The molecule has 1 saturated carbocycles. The first kappa shape index (κ1) is 11.9. The summed E-state index contributed by atoms with van der Waals surface area (Å²) in [6.45, 7) is 2.07. The topological polar surface area (TPSA) is 57.5 Å². The Hall–Kier alpha value is -0.220. The summed E-state index contributed by atoms with van der Waals surface area (Å²) < 4.78 is 0. The van der Waals surface area contributed by atoms with Crippen molar-refractivity contribution in [1.82, 2.24) is 0 Å². The predicted octanol–water partition coefficient (Wildman–Crippen LogP) is 1.75. The van der Waals surface area contributed by atoms with Gasteiger partial charge in [0.2, 0.25) is 0 Å². The van der Waals surface area contributed by atoms with Crippen molar-refractivity contribution in [1.29, 1.82) is 0 Å². The van der Waals surface area contributed by atoms with E-state index in [0.29, 0.717) is 25.7 Å². The van der Waals surface area contributed by atoms with Gasteiger partial charge in [0.05, 0.1) is 11.5 Å². The Morgan fingerprint density at radius 2 is 2.07 bits per heavy atom. The fraction of sp³-hybridized carbons (Fsp3) is 0.900. The van der Waals surface area contributed by atoms with Gasteiger partial charge < -0.3 is 10.2 Å². The molecule has 0 aromatic heterocycles. The van der Waals surface area contributed by atoms with Crippen LogP contribution in [0.15, 0.2) is 0 Å². The van der Waals surface area contributed by atoms with Crippen LogP contribution >= 0.6 is 11.8 Å². The highest BCUT2D eigenvalue weighted by atomic mass is 32.2. The summed E-state index contributed by atoms with van der Waals surface area (Å²) in [6.07, 6.45) is 2.51. The average molecular weight is 218 g/mol. The van der Waals surface area contributed by atoms with E-state index in [4.69, 9.17) is 5.11 Å². The molecule has 2 N–H and O–H groups in total. The number of hydrogen-bond donors (Lipinski definition) is 2. The lowest BCUT2D eigenvalue weighted by Gasteiger charge is -2.34. The molecule has 0 heterocycles. The molecule has 82 valence electrons. The molecule has 1 fully saturated rings. The Kier molecular flexibility index (Phi) is 4.26. The van der Waals surface area contributed by atoms with Crippen LogP contribution in [-0.2, 0) is 4.79 Å². The third-order valence-corrected chi connectivity index (χ3v) is 3.99. The summed E-state index contributed by atoms with van der Waals surface area (Å²) in [5, 5.41) is 18.9. The Bertz CT molecular complexity index is 198. The number of thioether (sulfide) groups is 1. The summed E-state index contributed by atoms with van der Waals surface area (Å²) in [4.78, 5) is 10.7. The molecule has 0 amide bonds. The largest absolute Gasteiger partial charge is 0.481 e. The SMILES string of the molecule is CCSCC1(O)CCC(C(=O)O)CC1. The Balaban J connectivity index is 2.36. The van der Waals surface area contributed by atoms with Crippen LogP contribution in [0.25, 0.3) is 0 Å². The molecule has 0 aromatic carbocycles. The molecule has 0 spiro atoms. The third kappa shape index (κ3) is 3.17. The maximum absolute atomic E-state index is 10.7. The minimum absolute atomic E-state index is 0.234. The van der Waals surface area contributed by atoms with Crippen molar-refractivity contribution in [2.24, 2.45) is 5.92 Å². The zero-order chi connectivity index (χ0) is 10.6. The number of carboxylic acids is 1. The van der Waals surface area contributed by atoms with Gasteiger partial charge in [-0.3, -0.25) is 4.79 Å². The molecule has 14 heavy (non-hydrogen) atoms. The number of aliphatic carboxylic acids is 1. The predicted molar refractivity (Wildman–Crippen MR) is 57.5 cm³/mol. The Morgan fingerprint density at radius 3 is 2.50 bits per heavy atom. The molecule has 0 radical (unpaired) electrons. The van der Waals surface area contributed by atoms with Crippen molar-refractivity contribution >= 4 is 17.7 Å². The number of carbonyl (C=O) groups is 1. The quantitative estimate of drug-likeness (QED) is 0.754. The molecule has 1 aliphatic rings. The summed E-state index contributed by atoms with van der Waals surface area (Å²) in [5.41, 5.74) is -0.605. The second kappa shape index (κ2) is 5.03. The van der Waals surface area contributed by atoms with Crippen LogP contribution in [-0.4, -0.2) is 33.3 Å². The van der Waals surface area contributed by atoms with Gasteiger partial charge in [-0.25, -0.2) is 0 Å². The van der Waals surface area contributed by atoms with Crippen LogP contribution < -0.4 is 0 Å². The molecular weight excluding hydrogens is 200 g/mol. The highest BCUT2D eigenvalue weighted by Crippen LogP contribution is 2.34. The van der Waals surface area contributed by atoms with E-state index in [-0.39, 0.29) is 5.92 Å². The minimum atomic E-state index is -0.713. The molecule has 0 unspecified atom stereocenters. The van der Waals surface area contributed by atoms with Gasteiger partial charge in [0, 0.05) is 5.75 Å². The number of aliphatic hydroxyl groups is 1. The van der Waals surface area contributed by atoms with Crippen LogP contribution in [0.2, 0.25) is 0 Å². The lowest BCUT2D eigenvalue weighted by atomic mass is 9.80. The van der Waals surface area contributed by atoms with Crippen LogP contribution in [0.1, 0.15) is 32.6 Å². The second-order valence-electron chi connectivity index (χ2n) is 3.97. The summed E-state index contributed by atoms with van der Waals surface area (Å²) in [6, 6.07) is 0. The van der Waals surface area contributed by atoms with Crippen molar-refractivity contribution in [2.45, 2.75) is 38.2 Å². The Morgan fingerprint density at radius 1 is 1.50 bits per heavy atom. The molecule has 0 saturated heterocycles. The maximum atomic E-state index is 10.7. The van der Waals surface area contributed by atoms with Gasteiger partial charge in [-0.05, 0) is 31.4 Å². The van der Waals surface area contributed by atoms with Crippen molar-refractivity contribution in [3.05, 3.63) is 0 Å². The van der Waals surface area contributed by atoms with Crippen molar-refractivity contribution in [3.8, 4) is 0 Å². The number of rotatable bonds is 4. The summed E-state index contributed by atoms with van der Waals surface area (Å²) in [7, 11) is 0. The fourth-order valence-corrected chi connectivity index (χ4v) is 2.71. The smallest absolute Gasteiger partial charge is 0.306 e. The highest BCUT2D eigenvalue weighted by molar-refractivity contribution is 7.99. The van der Waals surface area contributed by atoms with Gasteiger partial charge in [0.1, 0.15) is 0 Å². The average Bonchev–Trinajstić information content (AvgIpc) is 2.16. The number of carboxylic acid groups (broad SMARTS) is 1. The van der Waals surface area contributed by atoms with E-state index < -0.39 is 11.6 Å². The molecule has 0 aromatic rings. The molecule has 4 heteroatoms. The van der Waals surface area contributed by atoms with Crippen LogP contribution in [0.4, 0.5) is 0 Å². The van der Waals surface area contributed by atoms with Gasteiger partial charge >= 0.3 is 5.97 Å². The van der Waals surface area contributed by atoms with Crippen molar-refractivity contribution in [3.63, 3.8) is 0 Å². The first-order valence-corrected chi connectivity index (χ1v) is 6.26. The Labute approximate surface area is 88.9 Å².